The van der Waals surface area contributed by atoms with Gasteiger partial charge in [0.25, 0.3) is 5.91 Å². The molecular weight excluding hydrogens is 480 g/mol. The van der Waals surface area contributed by atoms with Crippen LogP contribution < -0.4 is 10.0 Å². The Labute approximate surface area is 202 Å². The number of nitrogens with one attached hydrogen (secondary N) is 2. The second-order valence-electron chi connectivity index (χ2n) is 7.46. The van der Waals surface area contributed by atoms with Crippen molar-refractivity contribution < 1.29 is 28.2 Å². The number of carbonyl (C=O) groups excluding carboxylic acids is 1. The van der Waals surface area contributed by atoms with Crippen LogP contribution in [0.4, 0.5) is 0 Å². The van der Waals surface area contributed by atoms with Gasteiger partial charge in [0, 0.05) is 11.6 Å². The Hall–Kier alpha value is -3.40. The van der Waals surface area contributed by atoms with Gasteiger partial charge in [-0.15, -0.1) is 0 Å². The SMILES string of the molecule is O=C(NCCCC(NS(=O)(=O)c1ccc(-c2ccc(Cl)cc2)cc1)C(=O)O)c1ccccc1O. The number of carboxylic acid groups (broad SMARTS) is 1. The first kappa shape index (κ1) is 25.2. The summed E-state index contributed by atoms with van der Waals surface area (Å²) in [6, 6.07) is 17.8. The Morgan fingerprint density at radius 1 is 0.912 bits per heavy atom. The zero-order chi connectivity index (χ0) is 24.7. The molecule has 0 saturated carbocycles. The lowest BCUT2D eigenvalue weighted by Crippen LogP contribution is -2.41. The van der Waals surface area contributed by atoms with Gasteiger partial charge in [-0.25, -0.2) is 8.42 Å². The van der Waals surface area contributed by atoms with Crippen LogP contribution in [0, 0.1) is 0 Å². The summed E-state index contributed by atoms with van der Waals surface area (Å²) in [5.74, 6) is -2.00. The maximum atomic E-state index is 12.7. The molecule has 1 unspecified atom stereocenters. The largest absolute Gasteiger partial charge is 0.507 e. The molecule has 0 aliphatic heterocycles. The quantitative estimate of drug-likeness (QED) is 0.313. The van der Waals surface area contributed by atoms with E-state index in [0.29, 0.717) is 5.02 Å². The average molecular weight is 503 g/mol. The predicted octanol–water partition coefficient (Wildman–Crippen LogP) is 3.65. The van der Waals surface area contributed by atoms with E-state index in [1.54, 1.807) is 36.4 Å². The second kappa shape index (κ2) is 11.1. The Morgan fingerprint density at radius 3 is 2.09 bits per heavy atom. The standard InChI is InChI=1S/C24H23ClN2O6S/c25-18-11-7-16(8-12-18)17-9-13-19(14-10-17)34(32,33)27-21(24(30)31)5-3-15-26-23(29)20-4-1-2-6-22(20)28/h1-2,4,6-14,21,27-28H,3,5,15H2,(H,26,29)(H,30,31). The minimum absolute atomic E-state index is 0.0432. The van der Waals surface area contributed by atoms with Gasteiger partial charge in [0.15, 0.2) is 0 Å². The lowest BCUT2D eigenvalue weighted by Gasteiger charge is -2.15. The number of hydrogen-bond donors (Lipinski definition) is 4. The zero-order valence-electron chi connectivity index (χ0n) is 17.9. The number of phenols is 1. The summed E-state index contributed by atoms with van der Waals surface area (Å²) in [4.78, 5) is 23.6. The number of rotatable bonds is 10. The average Bonchev–Trinajstić information content (AvgIpc) is 2.81. The molecule has 178 valence electrons. The molecule has 3 aromatic rings. The van der Waals surface area contributed by atoms with Gasteiger partial charge in [-0.1, -0.05) is 48.0 Å². The monoisotopic (exact) mass is 502 g/mol. The molecule has 3 rings (SSSR count). The molecule has 0 saturated heterocycles. The van der Waals surface area contributed by atoms with Crippen LogP contribution in [0.2, 0.25) is 5.02 Å². The predicted molar refractivity (Wildman–Crippen MR) is 128 cm³/mol. The van der Waals surface area contributed by atoms with E-state index in [2.05, 4.69) is 10.0 Å². The van der Waals surface area contributed by atoms with Gasteiger partial charge in [-0.2, -0.15) is 4.72 Å². The molecule has 8 nitrogen and oxygen atoms in total. The number of halogens is 1. The van der Waals surface area contributed by atoms with E-state index in [9.17, 15) is 28.2 Å². The smallest absolute Gasteiger partial charge is 0.321 e. The van der Waals surface area contributed by atoms with Crippen LogP contribution >= 0.6 is 11.6 Å². The van der Waals surface area contributed by atoms with Crippen molar-refractivity contribution in [2.24, 2.45) is 0 Å². The molecule has 0 spiro atoms. The lowest BCUT2D eigenvalue weighted by atomic mass is 10.1. The number of carboxylic acids is 1. The summed E-state index contributed by atoms with van der Waals surface area (Å²) >= 11 is 5.89. The van der Waals surface area contributed by atoms with Crippen molar-refractivity contribution >= 4 is 33.5 Å². The van der Waals surface area contributed by atoms with Crippen LogP contribution in [0.1, 0.15) is 23.2 Å². The van der Waals surface area contributed by atoms with Crippen molar-refractivity contribution in [2.45, 2.75) is 23.8 Å². The van der Waals surface area contributed by atoms with Crippen molar-refractivity contribution in [1.29, 1.82) is 0 Å². The third kappa shape index (κ3) is 6.57. The minimum Gasteiger partial charge on any atom is -0.507 e. The fourth-order valence-electron chi connectivity index (χ4n) is 3.23. The fourth-order valence-corrected chi connectivity index (χ4v) is 4.58. The minimum atomic E-state index is -4.08. The van der Waals surface area contributed by atoms with Crippen LogP contribution in [-0.2, 0) is 14.8 Å². The highest BCUT2D eigenvalue weighted by molar-refractivity contribution is 7.89. The molecule has 1 atom stereocenters. The summed E-state index contributed by atoms with van der Waals surface area (Å²) in [5.41, 5.74) is 1.74. The first-order chi connectivity index (χ1) is 16.2. The molecule has 0 fully saturated rings. The highest BCUT2D eigenvalue weighted by Gasteiger charge is 2.25. The second-order valence-corrected chi connectivity index (χ2v) is 9.61. The number of para-hydroxylation sites is 1. The maximum Gasteiger partial charge on any atom is 0.321 e. The molecule has 0 bridgehead atoms. The lowest BCUT2D eigenvalue weighted by molar-refractivity contribution is -0.139. The molecule has 0 heterocycles. The summed E-state index contributed by atoms with van der Waals surface area (Å²) in [7, 11) is -4.08. The van der Waals surface area contributed by atoms with Gasteiger partial charge in [-0.3, -0.25) is 9.59 Å². The Balaban J connectivity index is 1.58. The summed E-state index contributed by atoms with van der Waals surface area (Å²) in [6.45, 7) is 0.106. The van der Waals surface area contributed by atoms with Gasteiger partial charge < -0.3 is 15.5 Å². The summed E-state index contributed by atoms with van der Waals surface area (Å²) in [6.07, 6.45) is 0.160. The third-order valence-electron chi connectivity index (χ3n) is 5.04. The van der Waals surface area contributed by atoms with Gasteiger partial charge >= 0.3 is 5.97 Å². The molecule has 0 aromatic heterocycles. The number of sulfonamides is 1. The van der Waals surface area contributed by atoms with Crippen molar-refractivity contribution in [2.75, 3.05) is 6.54 Å². The van der Waals surface area contributed by atoms with Gasteiger partial charge in [0.05, 0.1) is 10.5 Å². The molecule has 1 amide bonds. The fraction of sp³-hybridized carbons (Fsp3) is 0.167. The molecule has 4 N–H and O–H groups in total. The molecule has 34 heavy (non-hydrogen) atoms. The van der Waals surface area contributed by atoms with Crippen molar-refractivity contribution in [3.8, 4) is 16.9 Å². The first-order valence-electron chi connectivity index (χ1n) is 10.3. The maximum absolute atomic E-state index is 12.7. The zero-order valence-corrected chi connectivity index (χ0v) is 19.5. The number of benzene rings is 3. The van der Waals surface area contributed by atoms with E-state index < -0.39 is 27.9 Å². The van der Waals surface area contributed by atoms with E-state index in [1.165, 1.54) is 24.3 Å². The van der Waals surface area contributed by atoms with Gasteiger partial charge in [-0.05, 0) is 60.4 Å². The number of hydrogen-bond acceptors (Lipinski definition) is 5. The Morgan fingerprint density at radius 2 is 1.50 bits per heavy atom. The molecule has 0 radical (unpaired) electrons. The highest BCUT2D eigenvalue weighted by atomic mass is 35.5. The molecule has 10 heteroatoms. The topological polar surface area (TPSA) is 133 Å². The van der Waals surface area contributed by atoms with Crippen LogP contribution in [-0.4, -0.2) is 43.1 Å². The number of phenolic OH excluding ortho intramolecular Hbond substituents is 1. The highest BCUT2D eigenvalue weighted by Crippen LogP contribution is 2.23. The van der Waals surface area contributed by atoms with Crippen LogP contribution in [0.15, 0.2) is 77.7 Å². The van der Waals surface area contributed by atoms with Crippen LogP contribution in [0.5, 0.6) is 5.75 Å². The van der Waals surface area contributed by atoms with Crippen molar-refractivity contribution in [3.05, 3.63) is 83.4 Å². The van der Waals surface area contributed by atoms with E-state index >= 15 is 0 Å². The van der Waals surface area contributed by atoms with E-state index in [0.717, 1.165) is 11.1 Å². The number of aliphatic carboxylic acids is 1. The van der Waals surface area contributed by atoms with Crippen LogP contribution in [0.3, 0.4) is 0 Å². The van der Waals surface area contributed by atoms with E-state index in [1.807, 2.05) is 12.1 Å². The Bertz CT molecular complexity index is 1260. The van der Waals surface area contributed by atoms with E-state index in [4.69, 9.17) is 11.6 Å². The molecule has 3 aromatic carbocycles. The normalized spacial score (nSPS) is 12.1. The first-order valence-corrected chi connectivity index (χ1v) is 12.2. The van der Waals surface area contributed by atoms with Crippen molar-refractivity contribution in [3.63, 3.8) is 0 Å². The molecular formula is C24H23ClN2O6S. The number of aromatic hydroxyl groups is 1. The summed E-state index contributed by atoms with van der Waals surface area (Å²) < 4.78 is 27.6. The summed E-state index contributed by atoms with van der Waals surface area (Å²) in [5, 5.41) is 22.3. The Kier molecular flexibility index (Phi) is 8.27. The van der Waals surface area contributed by atoms with Gasteiger partial charge in [0.1, 0.15) is 11.8 Å². The molecule has 0 aliphatic carbocycles. The van der Waals surface area contributed by atoms with Crippen LogP contribution in [0.25, 0.3) is 11.1 Å². The molecule has 0 aliphatic rings. The number of carbonyl (C=O) groups is 2. The van der Waals surface area contributed by atoms with Gasteiger partial charge in [0.2, 0.25) is 10.0 Å². The van der Waals surface area contributed by atoms with Crippen molar-refractivity contribution in [1.82, 2.24) is 10.0 Å². The third-order valence-corrected chi connectivity index (χ3v) is 6.78. The number of amides is 1. The van der Waals surface area contributed by atoms with E-state index in [-0.39, 0.29) is 35.6 Å².